The first kappa shape index (κ1) is 12.7. The molecule has 0 unspecified atom stereocenters. The van der Waals surface area contributed by atoms with Crippen molar-refractivity contribution in [1.29, 1.82) is 0 Å². The van der Waals surface area contributed by atoms with Crippen LogP contribution in [-0.4, -0.2) is 34.8 Å². The number of ketones is 1. The molecule has 0 N–H and O–H groups in total. The minimum Gasteiger partial charge on any atom is -0.325 e. The van der Waals surface area contributed by atoms with Gasteiger partial charge < -0.3 is 4.90 Å². The molecule has 90 valence electrons. The Morgan fingerprint density at radius 3 is 2.82 bits per heavy atom. The lowest BCUT2D eigenvalue weighted by molar-refractivity contribution is 0.0956. The third kappa shape index (κ3) is 2.94. The number of rotatable bonds is 3. The number of amides is 1. The molecule has 0 aliphatic carbocycles. The first-order valence-corrected chi connectivity index (χ1v) is 6.72. The molecule has 0 atom stereocenters. The van der Waals surface area contributed by atoms with Crippen LogP contribution in [0.5, 0.6) is 0 Å². The summed E-state index contributed by atoms with van der Waals surface area (Å²) in [6, 6.07) is 4.73. The summed E-state index contributed by atoms with van der Waals surface area (Å²) in [6.45, 7) is 0.666. The highest BCUT2D eigenvalue weighted by Gasteiger charge is 2.24. The molecule has 0 saturated carbocycles. The molecule has 1 amide bonds. The van der Waals surface area contributed by atoms with E-state index in [0.717, 1.165) is 5.75 Å². The third-order valence-electron chi connectivity index (χ3n) is 2.41. The molecule has 0 aromatic heterocycles. The lowest BCUT2D eigenvalue weighted by atomic mass is 10.1. The standard InChI is InChI=1S/C11H9Cl2NO2S/c12-7-1-2-9(13)8(5-7)10(15)6-14-3-4-17-11(14)16/h1-2,5H,3-4,6H2. The van der Waals surface area contributed by atoms with Crippen LogP contribution in [0.2, 0.25) is 10.0 Å². The fourth-order valence-corrected chi connectivity index (χ4v) is 2.76. The Labute approximate surface area is 113 Å². The molecule has 1 aromatic rings. The zero-order chi connectivity index (χ0) is 12.4. The number of carbonyl (C=O) groups excluding carboxylic acids is 2. The Morgan fingerprint density at radius 1 is 1.41 bits per heavy atom. The Balaban J connectivity index is 2.14. The van der Waals surface area contributed by atoms with E-state index in [2.05, 4.69) is 0 Å². The molecule has 0 spiro atoms. The largest absolute Gasteiger partial charge is 0.325 e. The fraction of sp³-hybridized carbons (Fsp3) is 0.273. The summed E-state index contributed by atoms with van der Waals surface area (Å²) in [5, 5.41) is 0.759. The number of benzene rings is 1. The van der Waals surface area contributed by atoms with Crippen molar-refractivity contribution in [3.05, 3.63) is 33.8 Å². The van der Waals surface area contributed by atoms with Gasteiger partial charge in [0.1, 0.15) is 0 Å². The highest BCUT2D eigenvalue weighted by atomic mass is 35.5. The van der Waals surface area contributed by atoms with Crippen molar-refractivity contribution in [2.75, 3.05) is 18.8 Å². The second-order valence-corrected chi connectivity index (χ2v) is 5.47. The van der Waals surface area contributed by atoms with Crippen LogP contribution in [0.3, 0.4) is 0 Å². The Hall–Kier alpha value is -0.710. The SMILES string of the molecule is O=C(CN1CCSC1=O)c1cc(Cl)ccc1Cl. The number of carbonyl (C=O) groups is 2. The van der Waals surface area contributed by atoms with Gasteiger partial charge >= 0.3 is 0 Å². The summed E-state index contributed by atoms with van der Waals surface area (Å²) in [5.74, 6) is 0.545. The van der Waals surface area contributed by atoms with E-state index in [1.165, 1.54) is 22.7 Å². The van der Waals surface area contributed by atoms with Crippen LogP contribution in [0.1, 0.15) is 10.4 Å². The minimum absolute atomic E-state index is 0.0588. The van der Waals surface area contributed by atoms with Crippen molar-refractivity contribution in [3.8, 4) is 0 Å². The summed E-state index contributed by atoms with van der Waals surface area (Å²) >= 11 is 13.0. The Morgan fingerprint density at radius 2 is 2.18 bits per heavy atom. The van der Waals surface area contributed by atoms with Crippen molar-refractivity contribution >= 4 is 46.0 Å². The molecule has 1 aliphatic heterocycles. The minimum atomic E-state index is -0.187. The lowest BCUT2D eigenvalue weighted by Gasteiger charge is -2.13. The molecule has 3 nitrogen and oxygen atoms in total. The first-order chi connectivity index (χ1) is 8.08. The maximum Gasteiger partial charge on any atom is 0.282 e. The number of thioether (sulfide) groups is 1. The molecule has 0 bridgehead atoms. The third-order valence-corrected chi connectivity index (χ3v) is 3.86. The van der Waals surface area contributed by atoms with E-state index in [9.17, 15) is 9.59 Å². The summed E-state index contributed by atoms with van der Waals surface area (Å²) < 4.78 is 0. The van der Waals surface area contributed by atoms with Crippen LogP contribution in [0.4, 0.5) is 4.79 Å². The number of Topliss-reactive ketones (excluding diaryl/α,β-unsaturated/α-hetero) is 1. The van der Waals surface area contributed by atoms with E-state index < -0.39 is 0 Å². The lowest BCUT2D eigenvalue weighted by Crippen LogP contribution is -2.29. The van der Waals surface area contributed by atoms with Crippen molar-refractivity contribution in [1.82, 2.24) is 4.90 Å². The molecular weight excluding hydrogens is 281 g/mol. The second kappa shape index (κ2) is 5.29. The van der Waals surface area contributed by atoms with Crippen LogP contribution >= 0.6 is 35.0 Å². The molecule has 1 aromatic carbocycles. The van der Waals surface area contributed by atoms with Crippen LogP contribution in [-0.2, 0) is 0 Å². The average molecular weight is 290 g/mol. The average Bonchev–Trinajstić information content (AvgIpc) is 2.68. The van der Waals surface area contributed by atoms with Gasteiger partial charge in [0.05, 0.1) is 11.6 Å². The predicted molar refractivity (Wildman–Crippen MR) is 70.2 cm³/mol. The number of halogens is 2. The van der Waals surface area contributed by atoms with Gasteiger partial charge in [-0.3, -0.25) is 9.59 Å². The van der Waals surface area contributed by atoms with Gasteiger partial charge in [0.25, 0.3) is 5.24 Å². The molecule has 1 saturated heterocycles. The highest BCUT2D eigenvalue weighted by molar-refractivity contribution is 8.13. The fourth-order valence-electron chi connectivity index (χ4n) is 1.54. The van der Waals surface area contributed by atoms with Gasteiger partial charge in [-0.25, -0.2) is 0 Å². The summed E-state index contributed by atoms with van der Waals surface area (Å²) in [6.07, 6.45) is 0. The molecule has 1 aliphatic rings. The zero-order valence-corrected chi connectivity index (χ0v) is 11.1. The second-order valence-electron chi connectivity index (χ2n) is 3.58. The van der Waals surface area contributed by atoms with Crippen LogP contribution < -0.4 is 0 Å². The van der Waals surface area contributed by atoms with E-state index in [1.54, 1.807) is 12.1 Å². The highest BCUT2D eigenvalue weighted by Crippen LogP contribution is 2.23. The number of hydrogen-bond donors (Lipinski definition) is 0. The summed E-state index contributed by atoms with van der Waals surface area (Å²) in [4.78, 5) is 24.9. The van der Waals surface area contributed by atoms with Crippen molar-refractivity contribution in [3.63, 3.8) is 0 Å². The van der Waals surface area contributed by atoms with Gasteiger partial charge in [-0.2, -0.15) is 0 Å². The quantitative estimate of drug-likeness (QED) is 0.801. The van der Waals surface area contributed by atoms with E-state index in [0.29, 0.717) is 22.2 Å². The molecule has 6 heteroatoms. The normalized spacial score (nSPS) is 15.4. The Bertz CT molecular complexity index is 479. The van der Waals surface area contributed by atoms with Gasteiger partial charge in [-0.1, -0.05) is 35.0 Å². The zero-order valence-electron chi connectivity index (χ0n) is 8.78. The number of nitrogens with zero attached hydrogens (tertiary/aromatic N) is 1. The van der Waals surface area contributed by atoms with Gasteiger partial charge in [-0.05, 0) is 18.2 Å². The van der Waals surface area contributed by atoms with Gasteiger partial charge in [-0.15, -0.1) is 0 Å². The van der Waals surface area contributed by atoms with Crippen LogP contribution in [0.25, 0.3) is 0 Å². The predicted octanol–water partition coefficient (Wildman–Crippen LogP) is 3.34. The van der Waals surface area contributed by atoms with E-state index in [1.807, 2.05) is 0 Å². The molecule has 1 fully saturated rings. The van der Waals surface area contributed by atoms with Crippen LogP contribution in [0.15, 0.2) is 18.2 Å². The maximum absolute atomic E-state index is 12.0. The number of hydrogen-bond acceptors (Lipinski definition) is 3. The molecule has 17 heavy (non-hydrogen) atoms. The summed E-state index contributed by atoms with van der Waals surface area (Å²) in [5.41, 5.74) is 0.365. The monoisotopic (exact) mass is 289 g/mol. The smallest absolute Gasteiger partial charge is 0.282 e. The first-order valence-electron chi connectivity index (χ1n) is 4.98. The Kier molecular flexibility index (Phi) is 3.97. The van der Waals surface area contributed by atoms with Crippen LogP contribution in [0, 0.1) is 0 Å². The molecule has 0 radical (unpaired) electrons. The van der Waals surface area contributed by atoms with Gasteiger partial charge in [0.15, 0.2) is 5.78 Å². The van der Waals surface area contributed by atoms with E-state index in [4.69, 9.17) is 23.2 Å². The maximum atomic E-state index is 12.0. The van der Waals surface area contributed by atoms with E-state index >= 15 is 0 Å². The molecule has 1 heterocycles. The van der Waals surface area contributed by atoms with Gasteiger partial charge in [0, 0.05) is 22.9 Å². The van der Waals surface area contributed by atoms with Crippen molar-refractivity contribution in [2.45, 2.75) is 0 Å². The van der Waals surface area contributed by atoms with Gasteiger partial charge in [0.2, 0.25) is 0 Å². The molecule has 2 rings (SSSR count). The topological polar surface area (TPSA) is 37.4 Å². The molecular formula is C11H9Cl2NO2S. The summed E-state index contributed by atoms with van der Waals surface area (Å²) in [7, 11) is 0. The van der Waals surface area contributed by atoms with Crippen molar-refractivity contribution in [2.24, 2.45) is 0 Å². The van der Waals surface area contributed by atoms with E-state index in [-0.39, 0.29) is 17.6 Å². The van der Waals surface area contributed by atoms with Crippen molar-refractivity contribution < 1.29 is 9.59 Å².